The molecule has 3 nitrogen and oxygen atoms in total. The molecule has 0 aliphatic carbocycles. The number of hydrogen-bond acceptors (Lipinski definition) is 3. The minimum absolute atomic E-state index is 0. The highest BCUT2D eigenvalue weighted by Gasteiger charge is 2.20. The van der Waals surface area contributed by atoms with Crippen LogP contribution in [0.3, 0.4) is 0 Å². The fourth-order valence-electron chi connectivity index (χ4n) is 1.73. The average Bonchev–Trinajstić information content (AvgIpc) is 2.15. The van der Waals surface area contributed by atoms with Crippen LogP contribution in [0.1, 0.15) is 11.1 Å². The summed E-state index contributed by atoms with van der Waals surface area (Å²) >= 11 is 0. The quantitative estimate of drug-likeness (QED) is 0.768. The SMILES string of the molecule is Cl.O=S(=O)(F)c1cccc2c1CCNC2. The van der Waals surface area contributed by atoms with Crippen LogP contribution in [0.5, 0.6) is 0 Å². The molecule has 0 radical (unpaired) electrons. The van der Waals surface area contributed by atoms with E-state index in [2.05, 4.69) is 5.32 Å². The van der Waals surface area contributed by atoms with Crippen LogP contribution in [-0.2, 0) is 23.2 Å². The van der Waals surface area contributed by atoms with Crippen LogP contribution in [0.15, 0.2) is 23.1 Å². The fraction of sp³-hybridized carbons (Fsp3) is 0.333. The van der Waals surface area contributed by atoms with Crippen LogP contribution < -0.4 is 5.32 Å². The van der Waals surface area contributed by atoms with Crippen molar-refractivity contribution < 1.29 is 12.3 Å². The van der Waals surface area contributed by atoms with Crippen molar-refractivity contribution in [2.45, 2.75) is 17.9 Å². The molecule has 0 aromatic heterocycles. The molecule has 0 atom stereocenters. The number of rotatable bonds is 1. The van der Waals surface area contributed by atoms with E-state index in [0.29, 0.717) is 25.1 Å². The van der Waals surface area contributed by atoms with Gasteiger partial charge in [0.25, 0.3) is 0 Å². The van der Waals surface area contributed by atoms with Crippen LogP contribution in [-0.4, -0.2) is 15.0 Å². The second-order valence-corrected chi connectivity index (χ2v) is 4.57. The Balaban J connectivity index is 0.00000112. The standard InChI is InChI=1S/C9H10FNO2S.ClH/c10-14(12,13)9-3-1-2-7-6-11-5-4-8(7)9;/h1-3,11H,4-6H2;1H. The predicted molar refractivity (Wildman–Crippen MR) is 57.4 cm³/mol. The molecule has 0 spiro atoms. The zero-order valence-electron chi connectivity index (χ0n) is 7.86. The number of fused-ring (bicyclic) bond motifs is 1. The Morgan fingerprint density at radius 1 is 1.33 bits per heavy atom. The molecule has 6 heteroatoms. The molecule has 1 aromatic carbocycles. The van der Waals surface area contributed by atoms with Gasteiger partial charge in [0, 0.05) is 6.54 Å². The van der Waals surface area contributed by atoms with Gasteiger partial charge in [-0.2, -0.15) is 8.42 Å². The summed E-state index contributed by atoms with van der Waals surface area (Å²) in [4.78, 5) is -0.170. The van der Waals surface area contributed by atoms with Crippen molar-refractivity contribution in [1.29, 1.82) is 0 Å². The van der Waals surface area contributed by atoms with Crippen LogP contribution in [0.25, 0.3) is 0 Å². The largest absolute Gasteiger partial charge is 0.332 e. The lowest BCUT2D eigenvalue weighted by Crippen LogP contribution is -2.24. The highest BCUT2D eigenvalue weighted by Crippen LogP contribution is 2.23. The van der Waals surface area contributed by atoms with E-state index < -0.39 is 10.2 Å². The Bertz CT molecular complexity index is 461. The highest BCUT2D eigenvalue weighted by atomic mass is 35.5. The van der Waals surface area contributed by atoms with Crippen LogP contribution in [0.4, 0.5) is 3.89 Å². The molecule has 1 N–H and O–H groups in total. The van der Waals surface area contributed by atoms with E-state index in [1.54, 1.807) is 6.07 Å². The molecule has 1 aliphatic heterocycles. The normalized spacial score (nSPS) is 15.3. The average molecular weight is 252 g/mol. The Labute approximate surface area is 94.3 Å². The number of halogens is 2. The van der Waals surface area contributed by atoms with Gasteiger partial charge in [0.15, 0.2) is 0 Å². The minimum Gasteiger partial charge on any atom is -0.312 e. The molecular formula is C9H11ClFNO2S. The lowest BCUT2D eigenvalue weighted by Gasteiger charge is -2.18. The topological polar surface area (TPSA) is 46.2 Å². The van der Waals surface area contributed by atoms with E-state index in [1.165, 1.54) is 6.07 Å². The first-order valence-corrected chi connectivity index (χ1v) is 5.73. The first kappa shape index (κ1) is 12.4. The molecule has 0 saturated carbocycles. The molecule has 84 valence electrons. The molecule has 2 rings (SSSR count). The minimum atomic E-state index is -4.57. The van der Waals surface area contributed by atoms with Crippen LogP contribution >= 0.6 is 12.4 Å². The molecule has 0 bridgehead atoms. The Hall–Kier alpha value is -0.650. The number of nitrogens with one attached hydrogen (secondary N) is 1. The van der Waals surface area contributed by atoms with Gasteiger partial charge >= 0.3 is 10.2 Å². The molecule has 0 saturated heterocycles. The van der Waals surface area contributed by atoms with Crippen molar-refractivity contribution in [2.24, 2.45) is 0 Å². The van der Waals surface area contributed by atoms with Gasteiger partial charge in [-0.3, -0.25) is 0 Å². The van der Waals surface area contributed by atoms with Gasteiger partial charge in [0.1, 0.15) is 4.90 Å². The van der Waals surface area contributed by atoms with Gasteiger partial charge < -0.3 is 5.32 Å². The van der Waals surface area contributed by atoms with Crippen LogP contribution in [0.2, 0.25) is 0 Å². The number of benzene rings is 1. The van der Waals surface area contributed by atoms with Gasteiger partial charge in [0.05, 0.1) is 0 Å². The molecule has 15 heavy (non-hydrogen) atoms. The lowest BCUT2D eigenvalue weighted by molar-refractivity contribution is 0.547. The number of hydrogen-bond donors (Lipinski definition) is 1. The molecular weight excluding hydrogens is 241 g/mol. The van der Waals surface area contributed by atoms with Crippen molar-refractivity contribution in [3.05, 3.63) is 29.3 Å². The van der Waals surface area contributed by atoms with E-state index in [0.717, 1.165) is 5.56 Å². The Morgan fingerprint density at radius 2 is 2.07 bits per heavy atom. The maximum absolute atomic E-state index is 12.9. The van der Waals surface area contributed by atoms with E-state index >= 15 is 0 Å². The van der Waals surface area contributed by atoms with Crippen molar-refractivity contribution in [3.8, 4) is 0 Å². The first-order chi connectivity index (χ1) is 6.59. The Morgan fingerprint density at radius 3 is 2.73 bits per heavy atom. The summed E-state index contributed by atoms with van der Waals surface area (Å²) in [5.41, 5.74) is 1.49. The van der Waals surface area contributed by atoms with E-state index in [-0.39, 0.29) is 17.3 Å². The molecule has 1 aliphatic rings. The maximum Gasteiger partial charge on any atom is 0.332 e. The third kappa shape index (κ3) is 2.48. The molecule has 0 unspecified atom stereocenters. The van der Waals surface area contributed by atoms with Gasteiger partial charge in [-0.1, -0.05) is 12.1 Å². The lowest BCUT2D eigenvalue weighted by atomic mass is 10.0. The van der Waals surface area contributed by atoms with Gasteiger partial charge in [-0.05, 0) is 30.2 Å². The van der Waals surface area contributed by atoms with Crippen molar-refractivity contribution >= 4 is 22.6 Å². The fourth-order valence-corrected chi connectivity index (χ4v) is 2.49. The van der Waals surface area contributed by atoms with Crippen molar-refractivity contribution in [1.82, 2.24) is 5.32 Å². The van der Waals surface area contributed by atoms with Crippen molar-refractivity contribution in [2.75, 3.05) is 6.54 Å². The zero-order valence-corrected chi connectivity index (χ0v) is 9.50. The first-order valence-electron chi connectivity index (χ1n) is 4.35. The molecule has 1 heterocycles. The second-order valence-electron chi connectivity index (χ2n) is 3.26. The van der Waals surface area contributed by atoms with Gasteiger partial charge in [-0.25, -0.2) is 0 Å². The summed E-state index contributed by atoms with van der Waals surface area (Å²) < 4.78 is 34.5. The summed E-state index contributed by atoms with van der Waals surface area (Å²) in [5.74, 6) is 0. The van der Waals surface area contributed by atoms with E-state index in [4.69, 9.17) is 0 Å². The zero-order chi connectivity index (χ0) is 10.2. The van der Waals surface area contributed by atoms with E-state index in [9.17, 15) is 12.3 Å². The van der Waals surface area contributed by atoms with Crippen molar-refractivity contribution in [3.63, 3.8) is 0 Å². The summed E-state index contributed by atoms with van der Waals surface area (Å²) in [7, 11) is -4.57. The highest BCUT2D eigenvalue weighted by molar-refractivity contribution is 7.86. The molecule has 1 aromatic rings. The summed E-state index contributed by atoms with van der Waals surface area (Å²) in [6.45, 7) is 1.30. The third-order valence-electron chi connectivity index (χ3n) is 2.36. The maximum atomic E-state index is 12.9. The molecule has 0 fully saturated rings. The Kier molecular flexibility index (Phi) is 3.70. The summed E-state index contributed by atoms with van der Waals surface area (Å²) in [6.07, 6.45) is 0.564. The summed E-state index contributed by atoms with van der Waals surface area (Å²) in [6, 6.07) is 4.70. The predicted octanol–water partition coefficient (Wildman–Crippen LogP) is 1.41. The summed E-state index contributed by atoms with van der Waals surface area (Å²) in [5, 5.41) is 3.10. The van der Waals surface area contributed by atoms with Gasteiger partial charge in [0.2, 0.25) is 0 Å². The second kappa shape index (κ2) is 4.47. The van der Waals surface area contributed by atoms with Gasteiger partial charge in [-0.15, -0.1) is 16.3 Å². The smallest absolute Gasteiger partial charge is 0.312 e. The molecule has 0 amide bonds. The van der Waals surface area contributed by atoms with Crippen LogP contribution in [0, 0.1) is 0 Å². The van der Waals surface area contributed by atoms with E-state index in [1.807, 2.05) is 6.07 Å². The monoisotopic (exact) mass is 251 g/mol. The third-order valence-corrected chi connectivity index (χ3v) is 3.27.